The van der Waals surface area contributed by atoms with Crippen LogP contribution >= 0.6 is 23.2 Å². The number of aliphatic hydroxyl groups excluding tert-OH is 1. The zero-order chi connectivity index (χ0) is 23.3. The molecule has 9 heteroatoms. The molecule has 3 rings (SSSR count). The molecule has 172 valence electrons. The zero-order valence-corrected chi connectivity index (χ0v) is 19.4. The number of carbonyl (C=O) groups excluding carboxylic acids is 2. The van der Waals surface area contributed by atoms with Crippen molar-refractivity contribution in [3.63, 3.8) is 0 Å². The molecule has 0 bridgehead atoms. The van der Waals surface area contributed by atoms with Gasteiger partial charge in [0.1, 0.15) is 24.6 Å². The quantitative estimate of drug-likeness (QED) is 0.526. The molecule has 1 fully saturated rings. The molecular weight excluding hydrogens is 455 g/mol. The summed E-state index contributed by atoms with van der Waals surface area (Å²) in [6.07, 6.45) is 0.00214. The Kier molecular flexibility index (Phi) is 8.37. The third-order valence-corrected chi connectivity index (χ3v) is 5.76. The number of ether oxygens (including phenoxy) is 2. The van der Waals surface area contributed by atoms with Crippen LogP contribution in [0.15, 0.2) is 36.4 Å². The van der Waals surface area contributed by atoms with Crippen LogP contribution < -0.4 is 14.8 Å². The standard InChI is InChI=1S/C23H26Cl2N2O5/c1-14(28)19-4-3-5-22(26-15(2)29)23(19)31-13-16(30)11-27-9-8-18(12-27)32-17-6-7-20(24)21(25)10-17/h3-7,10,16,18,30H,8-9,11-13H2,1-2H3,(H,26,29). The molecule has 2 aromatic carbocycles. The highest BCUT2D eigenvalue weighted by Gasteiger charge is 2.26. The van der Waals surface area contributed by atoms with Gasteiger partial charge in [0.2, 0.25) is 5.91 Å². The summed E-state index contributed by atoms with van der Waals surface area (Å²) >= 11 is 12.0. The molecule has 0 spiro atoms. The SMILES string of the molecule is CC(=O)Nc1cccc(C(C)=O)c1OCC(O)CN1CCC(Oc2ccc(Cl)c(Cl)c2)C1. The molecule has 0 aliphatic carbocycles. The molecular formula is C23H26Cl2N2O5. The highest BCUT2D eigenvalue weighted by Crippen LogP contribution is 2.30. The summed E-state index contributed by atoms with van der Waals surface area (Å²) in [5, 5.41) is 14.1. The van der Waals surface area contributed by atoms with Crippen LogP contribution in [-0.4, -0.2) is 60.1 Å². The Morgan fingerprint density at radius 3 is 2.69 bits per heavy atom. The first-order chi connectivity index (χ1) is 15.2. The Hall–Kier alpha value is -2.32. The van der Waals surface area contributed by atoms with Crippen molar-refractivity contribution in [1.82, 2.24) is 4.90 Å². The molecule has 7 nitrogen and oxygen atoms in total. The summed E-state index contributed by atoms with van der Waals surface area (Å²) in [6, 6.07) is 10.1. The number of aliphatic hydroxyl groups is 1. The van der Waals surface area contributed by atoms with E-state index < -0.39 is 6.10 Å². The summed E-state index contributed by atoms with van der Waals surface area (Å²) in [4.78, 5) is 25.5. The van der Waals surface area contributed by atoms with Crippen molar-refractivity contribution in [2.45, 2.75) is 32.5 Å². The fourth-order valence-corrected chi connectivity index (χ4v) is 3.88. The van der Waals surface area contributed by atoms with Crippen LogP contribution in [0.3, 0.4) is 0 Å². The maximum absolute atomic E-state index is 12.0. The molecule has 0 radical (unpaired) electrons. The number of amides is 1. The number of para-hydroxylation sites is 1. The van der Waals surface area contributed by atoms with E-state index in [2.05, 4.69) is 10.2 Å². The summed E-state index contributed by atoms with van der Waals surface area (Å²) in [6.45, 7) is 4.59. The Labute approximate surface area is 197 Å². The minimum absolute atomic E-state index is 0.0221. The number of nitrogens with one attached hydrogen (secondary N) is 1. The van der Waals surface area contributed by atoms with Gasteiger partial charge in [-0.15, -0.1) is 0 Å². The van der Waals surface area contributed by atoms with Crippen molar-refractivity contribution >= 4 is 40.6 Å². The van der Waals surface area contributed by atoms with Gasteiger partial charge in [0.05, 0.1) is 21.3 Å². The second kappa shape index (κ2) is 11.0. The third kappa shape index (κ3) is 6.59. The van der Waals surface area contributed by atoms with Crippen LogP contribution in [0.1, 0.15) is 30.6 Å². The van der Waals surface area contributed by atoms with Gasteiger partial charge in [-0.05, 0) is 37.6 Å². The number of nitrogens with zero attached hydrogens (tertiary/aromatic N) is 1. The fourth-order valence-electron chi connectivity index (χ4n) is 3.59. The molecule has 1 saturated heterocycles. The number of hydrogen-bond acceptors (Lipinski definition) is 6. The van der Waals surface area contributed by atoms with Crippen LogP contribution in [0.5, 0.6) is 11.5 Å². The first-order valence-corrected chi connectivity index (χ1v) is 11.0. The van der Waals surface area contributed by atoms with E-state index in [-0.39, 0.29) is 30.2 Å². The van der Waals surface area contributed by atoms with E-state index >= 15 is 0 Å². The average Bonchev–Trinajstić information content (AvgIpc) is 3.15. The minimum Gasteiger partial charge on any atom is -0.489 e. The van der Waals surface area contributed by atoms with Crippen molar-refractivity contribution in [3.8, 4) is 11.5 Å². The van der Waals surface area contributed by atoms with Gasteiger partial charge in [-0.25, -0.2) is 0 Å². The van der Waals surface area contributed by atoms with Gasteiger partial charge in [-0.1, -0.05) is 29.3 Å². The Bertz CT molecular complexity index is 985. The Morgan fingerprint density at radius 1 is 1.22 bits per heavy atom. The first kappa shape index (κ1) is 24.3. The van der Waals surface area contributed by atoms with Crippen LogP contribution in [0.2, 0.25) is 10.0 Å². The third-order valence-electron chi connectivity index (χ3n) is 5.02. The molecule has 1 heterocycles. The molecule has 1 aliphatic rings. The maximum atomic E-state index is 12.0. The van der Waals surface area contributed by atoms with Crippen LogP contribution in [0.25, 0.3) is 0 Å². The van der Waals surface area contributed by atoms with Crippen molar-refractivity contribution in [2.75, 3.05) is 31.6 Å². The minimum atomic E-state index is -0.788. The fraction of sp³-hybridized carbons (Fsp3) is 0.391. The van der Waals surface area contributed by atoms with E-state index in [0.717, 1.165) is 13.0 Å². The number of Topliss-reactive ketones (excluding diaryl/α,β-unsaturated/α-hetero) is 1. The topological polar surface area (TPSA) is 88.1 Å². The van der Waals surface area contributed by atoms with E-state index in [4.69, 9.17) is 32.7 Å². The molecule has 2 N–H and O–H groups in total. The van der Waals surface area contributed by atoms with E-state index in [9.17, 15) is 14.7 Å². The summed E-state index contributed by atoms with van der Waals surface area (Å²) in [5.74, 6) is 0.447. The highest BCUT2D eigenvalue weighted by molar-refractivity contribution is 6.42. The molecule has 2 aromatic rings. The van der Waals surface area contributed by atoms with Crippen molar-refractivity contribution < 1.29 is 24.2 Å². The predicted octanol–water partition coefficient (Wildman–Crippen LogP) is 4.05. The van der Waals surface area contributed by atoms with E-state index in [1.807, 2.05) is 0 Å². The monoisotopic (exact) mass is 480 g/mol. The number of anilines is 1. The van der Waals surface area contributed by atoms with Gasteiger partial charge in [-0.3, -0.25) is 14.5 Å². The molecule has 0 saturated carbocycles. The van der Waals surface area contributed by atoms with Gasteiger partial charge < -0.3 is 19.9 Å². The smallest absolute Gasteiger partial charge is 0.221 e. The molecule has 32 heavy (non-hydrogen) atoms. The van der Waals surface area contributed by atoms with Gasteiger partial charge in [-0.2, -0.15) is 0 Å². The van der Waals surface area contributed by atoms with Gasteiger partial charge in [0, 0.05) is 32.6 Å². The molecule has 1 amide bonds. The lowest BCUT2D eigenvalue weighted by molar-refractivity contribution is -0.114. The van der Waals surface area contributed by atoms with Gasteiger partial charge >= 0.3 is 0 Å². The van der Waals surface area contributed by atoms with Crippen LogP contribution in [0, 0.1) is 0 Å². The number of ketones is 1. The van der Waals surface area contributed by atoms with Crippen LogP contribution in [0.4, 0.5) is 5.69 Å². The van der Waals surface area contributed by atoms with E-state index in [0.29, 0.717) is 40.1 Å². The largest absolute Gasteiger partial charge is 0.489 e. The summed E-state index contributed by atoms with van der Waals surface area (Å²) in [7, 11) is 0. The highest BCUT2D eigenvalue weighted by atomic mass is 35.5. The maximum Gasteiger partial charge on any atom is 0.221 e. The van der Waals surface area contributed by atoms with Crippen LogP contribution in [-0.2, 0) is 4.79 Å². The number of halogens is 2. The van der Waals surface area contributed by atoms with Crippen molar-refractivity contribution in [3.05, 3.63) is 52.0 Å². The number of benzene rings is 2. The van der Waals surface area contributed by atoms with E-state index in [1.54, 1.807) is 36.4 Å². The predicted molar refractivity (Wildman–Crippen MR) is 124 cm³/mol. The number of hydrogen-bond donors (Lipinski definition) is 2. The van der Waals surface area contributed by atoms with Gasteiger partial charge in [0.25, 0.3) is 0 Å². The first-order valence-electron chi connectivity index (χ1n) is 10.3. The number of likely N-dealkylation sites (tertiary alicyclic amines) is 1. The second-order valence-corrected chi connectivity index (χ2v) is 8.56. The molecule has 2 atom stereocenters. The lowest BCUT2D eigenvalue weighted by Gasteiger charge is -2.22. The van der Waals surface area contributed by atoms with Gasteiger partial charge in [0.15, 0.2) is 11.5 Å². The average molecular weight is 481 g/mol. The van der Waals surface area contributed by atoms with Crippen molar-refractivity contribution in [2.24, 2.45) is 0 Å². The molecule has 1 aliphatic heterocycles. The lowest BCUT2D eigenvalue weighted by Crippen LogP contribution is -2.35. The molecule has 2 unspecified atom stereocenters. The van der Waals surface area contributed by atoms with Crippen molar-refractivity contribution in [1.29, 1.82) is 0 Å². The van der Waals surface area contributed by atoms with E-state index in [1.165, 1.54) is 13.8 Å². The number of carbonyl (C=O) groups is 2. The summed E-state index contributed by atoms with van der Waals surface area (Å²) in [5.41, 5.74) is 0.744. The Balaban J connectivity index is 1.54. The lowest BCUT2D eigenvalue weighted by atomic mass is 10.1. The molecule has 0 aromatic heterocycles. The zero-order valence-electron chi connectivity index (χ0n) is 17.9. The normalized spacial score (nSPS) is 17.1. The second-order valence-electron chi connectivity index (χ2n) is 7.75. The number of rotatable bonds is 9. The summed E-state index contributed by atoms with van der Waals surface area (Å²) < 4.78 is 11.8. The number of β-amino-alcohol motifs (C(OH)–C–C–N with tert-alkyl or cyclic N) is 1. The Morgan fingerprint density at radius 2 is 2.00 bits per heavy atom.